The van der Waals surface area contributed by atoms with Crippen molar-refractivity contribution >= 4 is 11.5 Å². The van der Waals surface area contributed by atoms with E-state index in [1.54, 1.807) is 12.4 Å². The van der Waals surface area contributed by atoms with Gasteiger partial charge in [-0.2, -0.15) is 0 Å². The third-order valence-electron chi connectivity index (χ3n) is 4.24. The summed E-state index contributed by atoms with van der Waals surface area (Å²) in [7, 11) is 0. The SMILES string of the molecule is Nc1ncccc1C1CC(Cc2cccc(-c3ccccn3)c2)=NO1. The van der Waals surface area contributed by atoms with Gasteiger partial charge in [0.1, 0.15) is 5.82 Å². The van der Waals surface area contributed by atoms with Crippen molar-refractivity contribution in [1.29, 1.82) is 0 Å². The molecule has 25 heavy (non-hydrogen) atoms. The quantitative estimate of drug-likeness (QED) is 0.790. The van der Waals surface area contributed by atoms with E-state index in [2.05, 4.69) is 33.3 Å². The van der Waals surface area contributed by atoms with Crippen LogP contribution in [0, 0.1) is 0 Å². The van der Waals surface area contributed by atoms with Crippen LogP contribution in [-0.2, 0) is 11.3 Å². The monoisotopic (exact) mass is 330 g/mol. The molecule has 5 heteroatoms. The lowest BCUT2D eigenvalue weighted by molar-refractivity contribution is 0.0860. The van der Waals surface area contributed by atoms with E-state index in [9.17, 15) is 0 Å². The van der Waals surface area contributed by atoms with Crippen molar-refractivity contribution in [2.24, 2.45) is 5.16 Å². The van der Waals surface area contributed by atoms with Crippen LogP contribution in [0.1, 0.15) is 23.7 Å². The number of benzene rings is 1. The fraction of sp³-hybridized carbons (Fsp3) is 0.150. The number of nitrogen functional groups attached to an aromatic ring is 1. The molecule has 1 aliphatic rings. The Morgan fingerprint density at radius 2 is 1.92 bits per heavy atom. The largest absolute Gasteiger partial charge is 0.387 e. The second-order valence-electron chi connectivity index (χ2n) is 6.03. The molecule has 1 aromatic carbocycles. The van der Waals surface area contributed by atoms with Crippen molar-refractivity contribution in [2.75, 3.05) is 5.73 Å². The molecule has 0 amide bonds. The summed E-state index contributed by atoms with van der Waals surface area (Å²) in [5, 5.41) is 4.25. The summed E-state index contributed by atoms with van der Waals surface area (Å²) in [6, 6.07) is 18.1. The Bertz CT molecular complexity index is 908. The molecule has 124 valence electrons. The molecule has 4 rings (SSSR count). The van der Waals surface area contributed by atoms with Crippen molar-refractivity contribution in [3.8, 4) is 11.3 Å². The normalized spacial score (nSPS) is 16.3. The van der Waals surface area contributed by atoms with Gasteiger partial charge >= 0.3 is 0 Å². The van der Waals surface area contributed by atoms with Crippen LogP contribution in [0.4, 0.5) is 5.82 Å². The summed E-state index contributed by atoms with van der Waals surface area (Å²) in [6.07, 6.45) is 4.81. The second-order valence-corrected chi connectivity index (χ2v) is 6.03. The van der Waals surface area contributed by atoms with E-state index in [4.69, 9.17) is 10.6 Å². The third-order valence-corrected chi connectivity index (χ3v) is 4.24. The number of hydrogen-bond donors (Lipinski definition) is 1. The predicted octanol–water partition coefficient (Wildman–Crippen LogP) is 3.79. The minimum absolute atomic E-state index is 0.150. The van der Waals surface area contributed by atoms with Gasteiger partial charge in [-0.25, -0.2) is 4.98 Å². The first-order valence-corrected chi connectivity index (χ1v) is 8.22. The van der Waals surface area contributed by atoms with Crippen molar-refractivity contribution < 1.29 is 4.84 Å². The molecule has 0 bridgehead atoms. The lowest BCUT2D eigenvalue weighted by Crippen LogP contribution is -2.06. The van der Waals surface area contributed by atoms with Gasteiger partial charge in [0, 0.05) is 36.4 Å². The van der Waals surface area contributed by atoms with Crippen LogP contribution in [0.25, 0.3) is 11.3 Å². The molecule has 2 aromatic heterocycles. The molecule has 1 unspecified atom stereocenters. The summed E-state index contributed by atoms with van der Waals surface area (Å²) in [5.74, 6) is 0.501. The summed E-state index contributed by atoms with van der Waals surface area (Å²) in [5.41, 5.74) is 11.1. The van der Waals surface area contributed by atoms with Crippen molar-refractivity contribution in [1.82, 2.24) is 9.97 Å². The smallest absolute Gasteiger partial charge is 0.161 e. The fourth-order valence-electron chi connectivity index (χ4n) is 3.01. The minimum atomic E-state index is -0.150. The fourth-order valence-corrected chi connectivity index (χ4v) is 3.01. The molecule has 1 atom stereocenters. The molecule has 2 N–H and O–H groups in total. The highest BCUT2D eigenvalue weighted by atomic mass is 16.6. The molecule has 1 aliphatic heterocycles. The molecular formula is C20H18N4O. The van der Waals surface area contributed by atoms with E-state index in [0.29, 0.717) is 5.82 Å². The van der Waals surface area contributed by atoms with Crippen molar-refractivity contribution in [3.63, 3.8) is 0 Å². The Labute approximate surface area is 146 Å². The highest BCUT2D eigenvalue weighted by Crippen LogP contribution is 2.31. The van der Waals surface area contributed by atoms with Gasteiger partial charge in [-0.3, -0.25) is 4.98 Å². The second kappa shape index (κ2) is 6.73. The Kier molecular flexibility index (Phi) is 4.12. The molecule has 5 nitrogen and oxygen atoms in total. The van der Waals surface area contributed by atoms with Crippen molar-refractivity contribution in [2.45, 2.75) is 18.9 Å². The van der Waals surface area contributed by atoms with Gasteiger partial charge in [0.25, 0.3) is 0 Å². The molecule has 3 heterocycles. The van der Waals surface area contributed by atoms with E-state index in [1.165, 1.54) is 5.56 Å². The van der Waals surface area contributed by atoms with E-state index in [0.717, 1.165) is 35.4 Å². The van der Waals surface area contributed by atoms with Crippen LogP contribution >= 0.6 is 0 Å². The number of anilines is 1. The topological polar surface area (TPSA) is 73.4 Å². The van der Waals surface area contributed by atoms with Crippen LogP contribution in [0.2, 0.25) is 0 Å². The standard InChI is InChI=1S/C20H18N4O/c21-20-17(7-4-10-23-20)19-13-16(24-25-19)12-14-5-3-6-15(11-14)18-8-1-2-9-22-18/h1-11,19H,12-13H2,(H2,21,23). The molecule has 0 aliphatic carbocycles. The van der Waals surface area contributed by atoms with E-state index < -0.39 is 0 Å². The number of nitrogens with two attached hydrogens (primary N) is 1. The van der Waals surface area contributed by atoms with Crippen LogP contribution in [0.15, 0.2) is 72.1 Å². The number of rotatable bonds is 4. The number of nitrogens with zero attached hydrogens (tertiary/aromatic N) is 3. The maximum atomic E-state index is 5.93. The maximum absolute atomic E-state index is 5.93. The average molecular weight is 330 g/mol. The average Bonchev–Trinajstić information content (AvgIpc) is 3.11. The van der Waals surface area contributed by atoms with Gasteiger partial charge in [-0.1, -0.05) is 29.4 Å². The van der Waals surface area contributed by atoms with Crippen LogP contribution in [0.3, 0.4) is 0 Å². The van der Waals surface area contributed by atoms with E-state index in [-0.39, 0.29) is 6.10 Å². The Balaban J connectivity index is 1.48. The highest BCUT2D eigenvalue weighted by Gasteiger charge is 2.25. The Morgan fingerprint density at radius 3 is 2.76 bits per heavy atom. The number of pyridine rings is 2. The first-order chi connectivity index (χ1) is 12.3. The molecule has 0 saturated heterocycles. The molecule has 0 radical (unpaired) electrons. The summed E-state index contributed by atoms with van der Waals surface area (Å²) in [4.78, 5) is 14.1. The Morgan fingerprint density at radius 1 is 1.00 bits per heavy atom. The number of oxime groups is 1. The number of aromatic nitrogens is 2. The zero-order chi connectivity index (χ0) is 17.1. The van der Waals surface area contributed by atoms with Gasteiger partial charge in [-0.15, -0.1) is 0 Å². The summed E-state index contributed by atoms with van der Waals surface area (Å²) < 4.78 is 0. The van der Waals surface area contributed by atoms with Gasteiger partial charge in [0.05, 0.1) is 11.4 Å². The van der Waals surface area contributed by atoms with Crippen LogP contribution in [0.5, 0.6) is 0 Å². The molecule has 3 aromatic rings. The summed E-state index contributed by atoms with van der Waals surface area (Å²) in [6.45, 7) is 0. The highest BCUT2D eigenvalue weighted by molar-refractivity contribution is 5.88. The maximum Gasteiger partial charge on any atom is 0.161 e. The summed E-state index contributed by atoms with van der Waals surface area (Å²) >= 11 is 0. The zero-order valence-electron chi connectivity index (χ0n) is 13.7. The molecule has 0 saturated carbocycles. The third kappa shape index (κ3) is 3.35. The van der Waals surface area contributed by atoms with E-state index in [1.807, 2.05) is 36.4 Å². The molecule has 0 fully saturated rings. The minimum Gasteiger partial charge on any atom is -0.387 e. The lowest BCUT2D eigenvalue weighted by atomic mass is 9.99. The Hall–Kier alpha value is -3.21. The van der Waals surface area contributed by atoms with E-state index >= 15 is 0 Å². The first-order valence-electron chi connectivity index (χ1n) is 8.22. The van der Waals surface area contributed by atoms with Gasteiger partial charge in [0.15, 0.2) is 6.10 Å². The van der Waals surface area contributed by atoms with Gasteiger partial charge in [0.2, 0.25) is 0 Å². The van der Waals surface area contributed by atoms with Gasteiger partial charge in [-0.05, 0) is 35.9 Å². The molecule has 0 spiro atoms. The van der Waals surface area contributed by atoms with Gasteiger partial charge < -0.3 is 10.6 Å². The molecular weight excluding hydrogens is 312 g/mol. The predicted molar refractivity (Wildman–Crippen MR) is 97.9 cm³/mol. The van der Waals surface area contributed by atoms with Crippen LogP contribution < -0.4 is 5.73 Å². The zero-order valence-corrected chi connectivity index (χ0v) is 13.7. The lowest BCUT2D eigenvalue weighted by Gasteiger charge is -2.10. The number of hydrogen-bond acceptors (Lipinski definition) is 5. The first kappa shape index (κ1) is 15.3. The van der Waals surface area contributed by atoms with Crippen molar-refractivity contribution in [3.05, 3.63) is 78.1 Å². The van der Waals surface area contributed by atoms with Crippen LogP contribution in [-0.4, -0.2) is 15.7 Å².